The number of carbonyl (C=O) groups is 1. The van der Waals surface area contributed by atoms with Crippen molar-refractivity contribution in [3.8, 4) is 0 Å². The Kier molecular flexibility index (Phi) is 4.25. The molecule has 3 heteroatoms. The van der Waals surface area contributed by atoms with Crippen molar-refractivity contribution in [3.63, 3.8) is 0 Å². The fourth-order valence-corrected chi connectivity index (χ4v) is 3.15. The summed E-state index contributed by atoms with van der Waals surface area (Å²) in [5, 5.41) is 9.42. The van der Waals surface area contributed by atoms with Crippen LogP contribution in [-0.2, 0) is 0 Å². The molecule has 22 heavy (non-hydrogen) atoms. The van der Waals surface area contributed by atoms with Crippen molar-refractivity contribution in [1.29, 1.82) is 0 Å². The van der Waals surface area contributed by atoms with E-state index in [1.807, 2.05) is 55.5 Å². The highest BCUT2D eigenvalue weighted by Gasteiger charge is 2.24. The highest BCUT2D eigenvalue weighted by molar-refractivity contribution is 6.10. The molecule has 114 valence electrons. The van der Waals surface area contributed by atoms with Crippen LogP contribution in [0.3, 0.4) is 0 Å². The normalized spacial score (nSPS) is 17.7. The average molecular weight is 295 g/mol. The van der Waals surface area contributed by atoms with Gasteiger partial charge in [0.25, 0.3) is 0 Å². The second-order valence-electron chi connectivity index (χ2n) is 5.86. The minimum atomic E-state index is 0.0600. The quantitative estimate of drug-likeness (QED) is 0.881. The maximum absolute atomic E-state index is 12.6. The summed E-state index contributed by atoms with van der Waals surface area (Å²) in [7, 11) is 0. The molecule has 0 aromatic heterocycles. The van der Waals surface area contributed by atoms with Gasteiger partial charge in [-0.15, -0.1) is 0 Å². The highest BCUT2D eigenvalue weighted by atomic mass is 16.3. The zero-order chi connectivity index (χ0) is 15.5. The van der Waals surface area contributed by atoms with Crippen molar-refractivity contribution >= 4 is 11.5 Å². The van der Waals surface area contributed by atoms with E-state index in [0.717, 1.165) is 36.2 Å². The molecule has 0 aliphatic carbocycles. The van der Waals surface area contributed by atoms with Gasteiger partial charge in [-0.2, -0.15) is 0 Å². The van der Waals surface area contributed by atoms with Gasteiger partial charge in [0.15, 0.2) is 5.78 Å². The van der Waals surface area contributed by atoms with E-state index in [-0.39, 0.29) is 18.4 Å². The molecule has 0 amide bonds. The molecule has 1 fully saturated rings. The lowest BCUT2D eigenvalue weighted by Crippen LogP contribution is -2.31. The van der Waals surface area contributed by atoms with Crippen molar-refractivity contribution in [3.05, 3.63) is 65.2 Å². The number of carbonyl (C=O) groups excluding carboxylic acids is 1. The third kappa shape index (κ3) is 2.77. The lowest BCUT2D eigenvalue weighted by Gasteiger charge is -2.25. The summed E-state index contributed by atoms with van der Waals surface area (Å²) in [4.78, 5) is 14.8. The van der Waals surface area contributed by atoms with Gasteiger partial charge < -0.3 is 10.0 Å². The molecule has 1 saturated heterocycles. The molecule has 1 atom stereocenters. The fourth-order valence-electron chi connectivity index (χ4n) is 3.15. The van der Waals surface area contributed by atoms with Crippen molar-refractivity contribution < 1.29 is 9.90 Å². The van der Waals surface area contributed by atoms with Crippen LogP contribution in [0.5, 0.6) is 0 Å². The van der Waals surface area contributed by atoms with E-state index < -0.39 is 0 Å². The molecule has 3 nitrogen and oxygen atoms in total. The molecule has 1 aliphatic rings. The van der Waals surface area contributed by atoms with Gasteiger partial charge >= 0.3 is 0 Å². The molecule has 3 rings (SSSR count). The summed E-state index contributed by atoms with van der Waals surface area (Å²) >= 11 is 0. The summed E-state index contributed by atoms with van der Waals surface area (Å²) < 4.78 is 0. The number of ketones is 1. The van der Waals surface area contributed by atoms with Crippen molar-refractivity contribution in [2.24, 2.45) is 0 Å². The van der Waals surface area contributed by atoms with Gasteiger partial charge in [-0.25, -0.2) is 0 Å². The van der Waals surface area contributed by atoms with E-state index in [2.05, 4.69) is 4.90 Å². The van der Waals surface area contributed by atoms with Gasteiger partial charge in [-0.05, 0) is 49.6 Å². The Morgan fingerprint density at radius 3 is 2.59 bits per heavy atom. The molecule has 1 aliphatic heterocycles. The number of aliphatic hydroxyl groups is 1. The highest BCUT2D eigenvalue weighted by Crippen LogP contribution is 2.26. The lowest BCUT2D eigenvalue weighted by molar-refractivity contribution is 0.103. The predicted octanol–water partition coefficient (Wildman–Crippen LogP) is 3.19. The Balaban J connectivity index is 1.83. The first kappa shape index (κ1) is 14.8. The first-order valence-corrected chi connectivity index (χ1v) is 7.78. The maximum atomic E-state index is 12.6. The summed E-state index contributed by atoms with van der Waals surface area (Å²) in [5.41, 5.74) is 3.54. The Bertz CT molecular complexity index is 663. The summed E-state index contributed by atoms with van der Waals surface area (Å²) in [6.07, 6.45) is 2.13. The van der Waals surface area contributed by atoms with Crippen LogP contribution >= 0.6 is 0 Å². The van der Waals surface area contributed by atoms with Gasteiger partial charge in [-0.3, -0.25) is 4.79 Å². The number of hydrogen-bond acceptors (Lipinski definition) is 3. The molecular weight excluding hydrogens is 274 g/mol. The minimum Gasteiger partial charge on any atom is -0.394 e. The van der Waals surface area contributed by atoms with E-state index in [1.165, 1.54) is 0 Å². The molecule has 1 unspecified atom stereocenters. The number of nitrogens with zero attached hydrogens (tertiary/aromatic N) is 1. The molecule has 0 spiro atoms. The van der Waals surface area contributed by atoms with E-state index in [1.54, 1.807) is 0 Å². The second kappa shape index (κ2) is 6.32. The number of anilines is 1. The Hall–Kier alpha value is -2.13. The van der Waals surface area contributed by atoms with Crippen LogP contribution in [-0.4, -0.2) is 30.1 Å². The summed E-state index contributed by atoms with van der Waals surface area (Å²) in [5.74, 6) is 0.0600. The average Bonchev–Trinajstić information content (AvgIpc) is 3.03. The largest absolute Gasteiger partial charge is 0.394 e. The van der Waals surface area contributed by atoms with Gasteiger partial charge in [0.05, 0.1) is 12.6 Å². The summed E-state index contributed by atoms with van der Waals surface area (Å²) in [6.45, 7) is 3.11. The van der Waals surface area contributed by atoms with Crippen LogP contribution < -0.4 is 4.90 Å². The predicted molar refractivity (Wildman–Crippen MR) is 88.5 cm³/mol. The van der Waals surface area contributed by atoms with E-state index in [0.29, 0.717) is 5.56 Å². The fraction of sp³-hybridized carbons (Fsp3) is 0.316. The lowest BCUT2D eigenvalue weighted by atomic mass is 9.99. The van der Waals surface area contributed by atoms with Crippen LogP contribution in [0.1, 0.15) is 34.3 Å². The van der Waals surface area contributed by atoms with Gasteiger partial charge in [-0.1, -0.05) is 24.3 Å². The van der Waals surface area contributed by atoms with E-state index in [9.17, 15) is 9.90 Å². The smallest absolute Gasteiger partial charge is 0.193 e. The zero-order valence-corrected chi connectivity index (χ0v) is 12.8. The van der Waals surface area contributed by atoms with Crippen molar-refractivity contribution in [2.45, 2.75) is 25.8 Å². The van der Waals surface area contributed by atoms with Crippen LogP contribution in [0.4, 0.5) is 5.69 Å². The standard InChI is InChI=1S/C19H21NO2/c1-14-5-2-3-7-18(14)19(22)15-8-10-16(11-9-15)20-12-4-6-17(20)13-21/h2-3,5,7-11,17,21H,4,6,12-13H2,1H3. The van der Waals surface area contributed by atoms with E-state index >= 15 is 0 Å². The van der Waals surface area contributed by atoms with Gasteiger partial charge in [0.1, 0.15) is 0 Å². The third-order valence-electron chi connectivity index (χ3n) is 4.44. The van der Waals surface area contributed by atoms with Crippen LogP contribution in [0.15, 0.2) is 48.5 Å². The van der Waals surface area contributed by atoms with Crippen LogP contribution in [0, 0.1) is 6.92 Å². The molecule has 0 bridgehead atoms. The molecule has 2 aromatic carbocycles. The summed E-state index contributed by atoms with van der Waals surface area (Å²) in [6, 6.07) is 15.6. The van der Waals surface area contributed by atoms with Crippen molar-refractivity contribution in [1.82, 2.24) is 0 Å². The van der Waals surface area contributed by atoms with Crippen LogP contribution in [0.25, 0.3) is 0 Å². The minimum absolute atomic E-state index is 0.0600. The Morgan fingerprint density at radius 2 is 1.91 bits per heavy atom. The molecular formula is C19H21NO2. The SMILES string of the molecule is Cc1ccccc1C(=O)c1ccc(N2CCCC2CO)cc1. The number of aliphatic hydroxyl groups excluding tert-OH is 1. The Labute approximate surface area is 131 Å². The number of aryl methyl sites for hydroxylation is 1. The van der Waals surface area contributed by atoms with Gasteiger partial charge in [0, 0.05) is 23.4 Å². The molecule has 0 saturated carbocycles. The van der Waals surface area contributed by atoms with Crippen molar-refractivity contribution in [2.75, 3.05) is 18.1 Å². The third-order valence-corrected chi connectivity index (χ3v) is 4.44. The zero-order valence-electron chi connectivity index (χ0n) is 12.8. The van der Waals surface area contributed by atoms with Gasteiger partial charge in [0.2, 0.25) is 0 Å². The monoisotopic (exact) mass is 295 g/mol. The maximum Gasteiger partial charge on any atom is 0.193 e. The van der Waals surface area contributed by atoms with E-state index in [4.69, 9.17) is 0 Å². The number of hydrogen-bond donors (Lipinski definition) is 1. The first-order chi connectivity index (χ1) is 10.7. The molecule has 1 heterocycles. The molecule has 2 aromatic rings. The topological polar surface area (TPSA) is 40.5 Å². The first-order valence-electron chi connectivity index (χ1n) is 7.78. The molecule has 0 radical (unpaired) electrons. The molecule has 1 N–H and O–H groups in total. The number of rotatable bonds is 4. The van der Waals surface area contributed by atoms with Crippen LogP contribution in [0.2, 0.25) is 0 Å². The Morgan fingerprint density at radius 1 is 1.18 bits per heavy atom. The second-order valence-corrected chi connectivity index (χ2v) is 5.86. The number of benzene rings is 2.